The van der Waals surface area contributed by atoms with Gasteiger partial charge in [0.1, 0.15) is 6.04 Å². The Morgan fingerprint density at radius 3 is 2.43 bits per heavy atom. The maximum atomic E-state index is 10.6. The minimum absolute atomic E-state index is 0.650. The Hall–Kier alpha value is -1.35. The van der Waals surface area contributed by atoms with Crippen LogP contribution in [0.2, 0.25) is 0 Å². The molecule has 0 aliphatic rings. The van der Waals surface area contributed by atoms with Gasteiger partial charge in [-0.25, -0.2) is 0 Å². The van der Waals surface area contributed by atoms with Gasteiger partial charge in [0.15, 0.2) is 0 Å². The molecule has 0 radical (unpaired) electrons. The highest BCUT2D eigenvalue weighted by Crippen LogP contribution is 2.12. The molecule has 0 fully saturated rings. The summed E-state index contributed by atoms with van der Waals surface area (Å²) in [6.07, 6.45) is 2.10. The molecular weight excluding hydrogens is 178 g/mol. The summed E-state index contributed by atoms with van der Waals surface area (Å²) in [6.45, 7) is 2.11. The fraction of sp³-hybridized carbons (Fsp3) is 0.364. The van der Waals surface area contributed by atoms with Crippen LogP contribution in [-0.4, -0.2) is 11.1 Å². The summed E-state index contributed by atoms with van der Waals surface area (Å²) in [5.41, 5.74) is 7.33. The second kappa shape index (κ2) is 4.77. The van der Waals surface area contributed by atoms with Gasteiger partial charge in [-0.05, 0) is 17.5 Å². The number of rotatable bonds is 4. The molecule has 0 bridgehead atoms. The van der Waals surface area contributed by atoms with Crippen LogP contribution >= 0.6 is 0 Å². The molecule has 3 nitrogen and oxygen atoms in total. The van der Waals surface area contributed by atoms with Crippen LogP contribution < -0.4 is 5.73 Å². The maximum Gasteiger partial charge on any atom is 0.325 e. The number of hydrogen-bond acceptors (Lipinski definition) is 2. The average Bonchev–Trinajstić information content (AvgIpc) is 2.18. The van der Waals surface area contributed by atoms with Crippen molar-refractivity contribution in [1.29, 1.82) is 0 Å². The molecule has 76 valence electrons. The molecule has 0 amide bonds. The molecule has 0 aromatic heterocycles. The van der Waals surface area contributed by atoms with Gasteiger partial charge in [-0.15, -0.1) is 0 Å². The number of carboxylic acid groups (broad SMARTS) is 1. The lowest BCUT2D eigenvalue weighted by Crippen LogP contribution is -2.20. The molecule has 1 atom stereocenters. The molecule has 1 rings (SSSR count). The number of hydrogen-bond donors (Lipinski definition) is 2. The third-order valence-electron chi connectivity index (χ3n) is 2.14. The van der Waals surface area contributed by atoms with E-state index in [4.69, 9.17) is 10.8 Å². The fourth-order valence-corrected chi connectivity index (χ4v) is 1.32. The van der Waals surface area contributed by atoms with Crippen molar-refractivity contribution in [1.82, 2.24) is 0 Å². The number of nitrogens with two attached hydrogens (primary N) is 1. The third kappa shape index (κ3) is 2.57. The van der Waals surface area contributed by atoms with E-state index in [9.17, 15) is 4.79 Å². The molecule has 3 heteroatoms. The molecule has 0 spiro atoms. The summed E-state index contributed by atoms with van der Waals surface area (Å²) >= 11 is 0. The number of carboxylic acids is 1. The zero-order chi connectivity index (χ0) is 10.6. The highest BCUT2D eigenvalue weighted by molar-refractivity contribution is 5.75. The van der Waals surface area contributed by atoms with E-state index in [0.717, 1.165) is 12.8 Å². The van der Waals surface area contributed by atoms with Crippen molar-refractivity contribution in [2.24, 2.45) is 5.73 Å². The van der Waals surface area contributed by atoms with Crippen molar-refractivity contribution in [2.75, 3.05) is 0 Å². The minimum Gasteiger partial charge on any atom is -0.480 e. The van der Waals surface area contributed by atoms with Crippen LogP contribution in [0.25, 0.3) is 0 Å². The maximum absolute atomic E-state index is 10.6. The van der Waals surface area contributed by atoms with Gasteiger partial charge in [-0.1, -0.05) is 37.6 Å². The van der Waals surface area contributed by atoms with Crippen molar-refractivity contribution in [3.8, 4) is 0 Å². The smallest absolute Gasteiger partial charge is 0.325 e. The van der Waals surface area contributed by atoms with Crippen LogP contribution in [0, 0.1) is 0 Å². The second-order valence-corrected chi connectivity index (χ2v) is 3.31. The summed E-state index contributed by atoms with van der Waals surface area (Å²) in [7, 11) is 0. The molecule has 0 saturated carbocycles. The molecule has 1 aromatic rings. The van der Waals surface area contributed by atoms with Crippen LogP contribution in [0.15, 0.2) is 24.3 Å². The SMILES string of the molecule is CCCc1ccc([C@H](N)C(=O)O)cc1. The lowest BCUT2D eigenvalue weighted by molar-refractivity contribution is -0.138. The summed E-state index contributed by atoms with van der Waals surface area (Å²) in [5.74, 6) is -0.992. The van der Waals surface area contributed by atoms with E-state index in [2.05, 4.69) is 6.92 Å². The monoisotopic (exact) mass is 193 g/mol. The Labute approximate surface area is 83.6 Å². The normalized spacial score (nSPS) is 12.4. The standard InChI is InChI=1S/C11H15NO2/c1-2-3-8-4-6-9(7-5-8)10(12)11(13)14/h4-7,10H,2-3,12H2,1H3,(H,13,14)/t10-/m0/s1. The highest BCUT2D eigenvalue weighted by atomic mass is 16.4. The summed E-state index contributed by atoms with van der Waals surface area (Å²) in [4.78, 5) is 10.6. The predicted octanol–water partition coefficient (Wildman–Crippen LogP) is 1.72. The quantitative estimate of drug-likeness (QED) is 0.765. The molecule has 1 aromatic carbocycles. The van der Waals surface area contributed by atoms with Gasteiger partial charge >= 0.3 is 5.97 Å². The van der Waals surface area contributed by atoms with E-state index in [1.54, 1.807) is 12.1 Å². The van der Waals surface area contributed by atoms with Gasteiger partial charge in [0.05, 0.1) is 0 Å². The van der Waals surface area contributed by atoms with Gasteiger partial charge < -0.3 is 10.8 Å². The van der Waals surface area contributed by atoms with E-state index in [0.29, 0.717) is 5.56 Å². The number of carbonyl (C=O) groups is 1. The van der Waals surface area contributed by atoms with Crippen LogP contribution in [-0.2, 0) is 11.2 Å². The first-order valence-corrected chi connectivity index (χ1v) is 4.72. The van der Waals surface area contributed by atoms with Crippen molar-refractivity contribution >= 4 is 5.97 Å². The molecule has 0 aliphatic heterocycles. The first kappa shape index (κ1) is 10.7. The molecule has 0 aliphatic carbocycles. The van der Waals surface area contributed by atoms with Crippen molar-refractivity contribution in [3.05, 3.63) is 35.4 Å². The summed E-state index contributed by atoms with van der Waals surface area (Å²) < 4.78 is 0. The van der Waals surface area contributed by atoms with E-state index in [1.807, 2.05) is 12.1 Å². The van der Waals surface area contributed by atoms with Gasteiger partial charge in [0, 0.05) is 0 Å². The van der Waals surface area contributed by atoms with Gasteiger partial charge in [0.25, 0.3) is 0 Å². The van der Waals surface area contributed by atoms with Gasteiger partial charge in [-0.3, -0.25) is 4.79 Å². The van der Waals surface area contributed by atoms with E-state index >= 15 is 0 Å². The van der Waals surface area contributed by atoms with Gasteiger partial charge in [-0.2, -0.15) is 0 Å². The van der Waals surface area contributed by atoms with E-state index in [1.165, 1.54) is 5.56 Å². The van der Waals surface area contributed by atoms with E-state index < -0.39 is 12.0 Å². The summed E-state index contributed by atoms with van der Waals surface area (Å²) in [6, 6.07) is 6.52. The van der Waals surface area contributed by atoms with Crippen molar-refractivity contribution < 1.29 is 9.90 Å². The molecule has 0 heterocycles. The molecule has 0 unspecified atom stereocenters. The van der Waals surface area contributed by atoms with Gasteiger partial charge in [0.2, 0.25) is 0 Å². The first-order chi connectivity index (χ1) is 6.65. The average molecular weight is 193 g/mol. The van der Waals surface area contributed by atoms with E-state index in [-0.39, 0.29) is 0 Å². The Morgan fingerprint density at radius 2 is 2.00 bits per heavy atom. The Balaban J connectivity index is 2.77. The lowest BCUT2D eigenvalue weighted by atomic mass is 10.0. The number of aliphatic carboxylic acids is 1. The molecule has 0 saturated heterocycles. The molecule has 3 N–H and O–H groups in total. The van der Waals surface area contributed by atoms with Crippen molar-refractivity contribution in [2.45, 2.75) is 25.8 Å². The predicted molar refractivity (Wildman–Crippen MR) is 55.0 cm³/mol. The third-order valence-corrected chi connectivity index (χ3v) is 2.14. The fourth-order valence-electron chi connectivity index (χ4n) is 1.32. The number of benzene rings is 1. The minimum atomic E-state index is -0.992. The lowest BCUT2D eigenvalue weighted by Gasteiger charge is -2.07. The van der Waals surface area contributed by atoms with Crippen LogP contribution in [0.4, 0.5) is 0 Å². The highest BCUT2D eigenvalue weighted by Gasteiger charge is 2.13. The Kier molecular flexibility index (Phi) is 3.65. The summed E-state index contributed by atoms with van der Waals surface area (Å²) in [5, 5.41) is 8.68. The first-order valence-electron chi connectivity index (χ1n) is 4.72. The topological polar surface area (TPSA) is 63.3 Å². The zero-order valence-electron chi connectivity index (χ0n) is 8.23. The van der Waals surface area contributed by atoms with Crippen LogP contribution in [0.1, 0.15) is 30.5 Å². The Bertz CT molecular complexity index is 306. The Morgan fingerprint density at radius 1 is 1.43 bits per heavy atom. The van der Waals surface area contributed by atoms with Crippen LogP contribution in [0.5, 0.6) is 0 Å². The van der Waals surface area contributed by atoms with Crippen molar-refractivity contribution in [3.63, 3.8) is 0 Å². The van der Waals surface area contributed by atoms with Crippen LogP contribution in [0.3, 0.4) is 0 Å². The molecule has 14 heavy (non-hydrogen) atoms. The largest absolute Gasteiger partial charge is 0.480 e. The zero-order valence-corrected chi connectivity index (χ0v) is 8.23. The molecular formula is C11H15NO2. The second-order valence-electron chi connectivity index (χ2n) is 3.31. The number of aryl methyl sites for hydroxylation is 1.